The summed E-state index contributed by atoms with van der Waals surface area (Å²) in [5.74, 6) is -0.520. The van der Waals surface area contributed by atoms with E-state index in [2.05, 4.69) is 19.9 Å². The fraction of sp³-hybridized carbons (Fsp3) is 0.688. The molecule has 3 fully saturated rings. The molecular weight excluding hydrogens is 510 g/mol. The summed E-state index contributed by atoms with van der Waals surface area (Å²) in [5, 5.41) is 0. The van der Waals surface area contributed by atoms with Gasteiger partial charge >= 0.3 is 11.9 Å². The summed E-state index contributed by atoms with van der Waals surface area (Å²) < 4.78 is 29.1. The molecule has 1 spiro atoms. The van der Waals surface area contributed by atoms with Gasteiger partial charge in [-0.1, -0.05) is 67.7 Å². The van der Waals surface area contributed by atoms with E-state index in [-0.39, 0.29) is 41.8 Å². The van der Waals surface area contributed by atoms with Crippen LogP contribution in [0.2, 0.25) is 0 Å². The van der Waals surface area contributed by atoms with Crippen molar-refractivity contribution in [1.82, 2.24) is 0 Å². The Labute approximate surface area is 238 Å². The van der Waals surface area contributed by atoms with Crippen LogP contribution in [0.5, 0.6) is 0 Å². The molecule has 6 unspecified atom stereocenters. The smallest absolute Gasteiger partial charge is 0.306 e. The zero-order valence-corrected chi connectivity index (χ0v) is 24.4. The maximum atomic E-state index is 12.7. The summed E-state index contributed by atoms with van der Waals surface area (Å²) >= 11 is 0. The number of allylic oxidation sites excluding steroid dienone is 1. The van der Waals surface area contributed by atoms with Crippen molar-refractivity contribution in [2.45, 2.75) is 121 Å². The predicted molar refractivity (Wildman–Crippen MR) is 151 cm³/mol. The zero-order chi connectivity index (χ0) is 28.6. The first kappa shape index (κ1) is 30.7. The first-order valence-corrected chi connectivity index (χ1v) is 14.9. The van der Waals surface area contributed by atoms with Gasteiger partial charge in [-0.05, 0) is 51.5 Å². The fourth-order valence-corrected chi connectivity index (χ4v) is 6.06. The molecule has 1 saturated carbocycles. The fourth-order valence-electron chi connectivity index (χ4n) is 6.06. The van der Waals surface area contributed by atoms with Crippen LogP contribution in [0.15, 0.2) is 42.0 Å². The molecule has 40 heavy (non-hydrogen) atoms. The number of hydrogen-bond donors (Lipinski definition) is 1. The zero-order valence-electron chi connectivity index (χ0n) is 24.4. The van der Waals surface area contributed by atoms with Crippen molar-refractivity contribution in [2.24, 2.45) is 11.7 Å². The third-order valence-corrected chi connectivity index (χ3v) is 8.46. The van der Waals surface area contributed by atoms with E-state index in [1.807, 2.05) is 30.3 Å². The van der Waals surface area contributed by atoms with Gasteiger partial charge in [-0.2, -0.15) is 0 Å². The molecule has 4 rings (SSSR count). The van der Waals surface area contributed by atoms with Gasteiger partial charge in [0.1, 0.15) is 30.5 Å². The van der Waals surface area contributed by atoms with Crippen LogP contribution in [0.3, 0.4) is 0 Å². The Balaban J connectivity index is 1.10. The molecule has 1 aliphatic carbocycles. The lowest BCUT2D eigenvalue weighted by Gasteiger charge is -2.42. The molecule has 2 aliphatic heterocycles. The lowest BCUT2D eigenvalue weighted by atomic mass is 9.70. The number of epoxide rings is 2. The Bertz CT molecular complexity index is 1000. The number of methoxy groups -OCH3 is 1. The highest BCUT2D eigenvalue weighted by molar-refractivity contribution is 5.69. The molecule has 0 bridgehead atoms. The molecule has 0 radical (unpaired) electrons. The number of rotatable bonds is 16. The number of ether oxygens (including phenoxy) is 5. The maximum absolute atomic E-state index is 12.7. The van der Waals surface area contributed by atoms with Crippen molar-refractivity contribution < 1.29 is 33.3 Å². The number of esters is 2. The van der Waals surface area contributed by atoms with E-state index in [9.17, 15) is 9.59 Å². The number of carbonyl (C=O) groups is 2. The van der Waals surface area contributed by atoms with E-state index in [4.69, 9.17) is 29.4 Å². The van der Waals surface area contributed by atoms with E-state index in [1.165, 1.54) is 5.57 Å². The summed E-state index contributed by atoms with van der Waals surface area (Å²) in [6, 6.07) is 9.71. The van der Waals surface area contributed by atoms with E-state index < -0.39 is 5.72 Å². The topological polar surface area (TPSA) is 113 Å². The van der Waals surface area contributed by atoms with Gasteiger partial charge in [0.25, 0.3) is 0 Å². The van der Waals surface area contributed by atoms with Gasteiger partial charge in [0.05, 0.1) is 12.5 Å². The summed E-state index contributed by atoms with van der Waals surface area (Å²) in [6.07, 6.45) is 10.0. The number of carbonyl (C=O) groups excluding carboxylic acids is 2. The minimum atomic E-state index is -0.827. The minimum absolute atomic E-state index is 0.0829. The molecule has 3 aliphatic rings. The number of hydrogen-bond acceptors (Lipinski definition) is 8. The molecule has 0 aromatic heterocycles. The van der Waals surface area contributed by atoms with Crippen LogP contribution in [0, 0.1) is 5.92 Å². The number of nitrogens with two attached hydrogens (primary N) is 1. The average Bonchev–Trinajstić information content (AvgIpc) is 3.86. The van der Waals surface area contributed by atoms with Gasteiger partial charge in [0, 0.05) is 20.0 Å². The van der Waals surface area contributed by atoms with Gasteiger partial charge in [-0.15, -0.1) is 0 Å². The Morgan fingerprint density at radius 2 is 1.68 bits per heavy atom. The van der Waals surface area contributed by atoms with Crippen LogP contribution in [-0.4, -0.2) is 55.3 Å². The van der Waals surface area contributed by atoms with Crippen molar-refractivity contribution in [3.8, 4) is 0 Å². The largest absolute Gasteiger partial charge is 0.461 e. The summed E-state index contributed by atoms with van der Waals surface area (Å²) in [4.78, 5) is 24.6. The molecule has 222 valence electrons. The second-order valence-corrected chi connectivity index (χ2v) is 11.8. The van der Waals surface area contributed by atoms with Crippen LogP contribution in [0.4, 0.5) is 0 Å². The predicted octanol–water partition coefficient (Wildman–Crippen LogP) is 5.37. The number of unbranched alkanes of at least 4 members (excludes halogenated alkanes) is 5. The molecular formula is C32H47NO7. The van der Waals surface area contributed by atoms with Crippen molar-refractivity contribution in [1.29, 1.82) is 0 Å². The normalized spacial score (nSPS) is 30.5. The van der Waals surface area contributed by atoms with Crippen LogP contribution in [0.1, 0.15) is 90.0 Å². The summed E-state index contributed by atoms with van der Waals surface area (Å²) in [7, 11) is 1.65. The van der Waals surface area contributed by atoms with Crippen molar-refractivity contribution in [2.75, 3.05) is 13.7 Å². The highest BCUT2D eigenvalue weighted by atomic mass is 16.6. The molecule has 0 amide bonds. The van der Waals surface area contributed by atoms with Crippen LogP contribution in [-0.2, 0) is 39.9 Å². The SMILES string of the molecule is COC1C(OC(=O)CCCCCCCCC(=O)OCc2ccccc2)CCC2(CO2)C1C1(N)OC1CC=C(C)C. The minimum Gasteiger partial charge on any atom is -0.461 e. The lowest BCUT2D eigenvalue weighted by molar-refractivity contribution is -0.172. The van der Waals surface area contributed by atoms with Crippen LogP contribution >= 0.6 is 0 Å². The first-order chi connectivity index (χ1) is 19.3. The van der Waals surface area contributed by atoms with Gasteiger partial charge in [-0.25, -0.2) is 0 Å². The summed E-state index contributed by atoms with van der Waals surface area (Å²) in [5.41, 5.74) is 7.82. The molecule has 6 atom stereocenters. The van der Waals surface area contributed by atoms with E-state index in [0.29, 0.717) is 32.5 Å². The molecule has 2 saturated heterocycles. The Morgan fingerprint density at radius 3 is 2.30 bits per heavy atom. The summed E-state index contributed by atoms with van der Waals surface area (Å²) in [6.45, 7) is 5.10. The van der Waals surface area contributed by atoms with Gasteiger partial charge < -0.3 is 29.4 Å². The molecule has 8 nitrogen and oxygen atoms in total. The third kappa shape index (κ3) is 8.15. The average molecular weight is 558 g/mol. The van der Waals surface area contributed by atoms with E-state index in [0.717, 1.165) is 56.9 Å². The van der Waals surface area contributed by atoms with Crippen molar-refractivity contribution in [3.05, 3.63) is 47.5 Å². The van der Waals surface area contributed by atoms with Gasteiger partial charge in [-0.3, -0.25) is 9.59 Å². The first-order valence-electron chi connectivity index (χ1n) is 14.9. The van der Waals surface area contributed by atoms with E-state index in [1.54, 1.807) is 7.11 Å². The molecule has 2 heterocycles. The molecule has 1 aromatic carbocycles. The van der Waals surface area contributed by atoms with Crippen LogP contribution < -0.4 is 5.73 Å². The van der Waals surface area contributed by atoms with Gasteiger partial charge in [0.2, 0.25) is 0 Å². The third-order valence-electron chi connectivity index (χ3n) is 8.46. The lowest BCUT2D eigenvalue weighted by Crippen LogP contribution is -2.59. The quantitative estimate of drug-likeness (QED) is 0.125. The monoisotopic (exact) mass is 557 g/mol. The highest BCUT2D eigenvalue weighted by Crippen LogP contribution is 2.57. The Hall–Kier alpha value is -2.26. The number of benzene rings is 1. The Morgan fingerprint density at radius 1 is 1.02 bits per heavy atom. The van der Waals surface area contributed by atoms with Crippen LogP contribution in [0.25, 0.3) is 0 Å². The van der Waals surface area contributed by atoms with Gasteiger partial charge in [0.15, 0.2) is 5.72 Å². The van der Waals surface area contributed by atoms with E-state index >= 15 is 0 Å². The van der Waals surface area contributed by atoms with Crippen molar-refractivity contribution >= 4 is 11.9 Å². The standard InChI is InChI=1S/C32H47NO7/c1-23(2)17-18-26-32(33,40-26)30-29(36-3)25(19-20-31(30)22-38-31)39-28(35)16-12-7-5-4-6-11-15-27(34)37-21-24-13-9-8-10-14-24/h8-10,13-14,17,25-26,29-30H,4-7,11-12,15-16,18-22,33H2,1-3H3. The molecule has 1 aromatic rings. The highest BCUT2D eigenvalue weighted by Gasteiger charge is 2.73. The molecule has 2 N–H and O–H groups in total. The second-order valence-electron chi connectivity index (χ2n) is 11.8. The maximum Gasteiger partial charge on any atom is 0.306 e. The second kappa shape index (κ2) is 14.1. The molecule has 8 heteroatoms. The van der Waals surface area contributed by atoms with Crippen molar-refractivity contribution in [3.63, 3.8) is 0 Å². The Kier molecular flexibility index (Phi) is 10.8.